The third kappa shape index (κ3) is 2.64. The molecule has 0 spiro atoms. The van der Waals surface area contributed by atoms with E-state index in [9.17, 15) is 0 Å². The fourth-order valence-corrected chi connectivity index (χ4v) is 3.01. The van der Waals surface area contributed by atoms with Crippen molar-refractivity contribution in [3.63, 3.8) is 0 Å². The number of hydrogen-bond donors (Lipinski definition) is 1. The zero-order valence-corrected chi connectivity index (χ0v) is 8.94. The maximum absolute atomic E-state index is 6.09. The fourth-order valence-electron chi connectivity index (χ4n) is 1.68. The van der Waals surface area contributed by atoms with Crippen LogP contribution in [0.2, 0.25) is 0 Å². The van der Waals surface area contributed by atoms with Crippen LogP contribution in [0.25, 0.3) is 0 Å². The van der Waals surface area contributed by atoms with Gasteiger partial charge in [-0.15, -0.1) is 0 Å². The summed E-state index contributed by atoms with van der Waals surface area (Å²) in [5, 5.41) is 0. The molecule has 2 N–H and O–H groups in total. The second kappa shape index (κ2) is 5.10. The number of thioether (sulfide) groups is 1. The van der Waals surface area contributed by atoms with Gasteiger partial charge in [-0.3, -0.25) is 0 Å². The van der Waals surface area contributed by atoms with E-state index in [1.165, 1.54) is 24.5 Å². The van der Waals surface area contributed by atoms with Gasteiger partial charge in [-0.05, 0) is 13.5 Å². The zero-order valence-electron chi connectivity index (χ0n) is 8.12. The number of nitrogens with two attached hydrogens (primary N) is 1. The Morgan fingerprint density at radius 3 is 3.00 bits per heavy atom. The first-order chi connectivity index (χ1) is 5.75. The van der Waals surface area contributed by atoms with Crippen molar-refractivity contribution >= 4 is 11.8 Å². The highest BCUT2D eigenvalue weighted by atomic mass is 32.2. The van der Waals surface area contributed by atoms with Gasteiger partial charge in [0.25, 0.3) is 0 Å². The Balaban J connectivity index is 2.36. The maximum atomic E-state index is 6.09. The largest absolute Gasteiger partial charge is 0.326 e. The molecule has 2 atom stereocenters. The van der Waals surface area contributed by atoms with Crippen molar-refractivity contribution < 1.29 is 0 Å². The Labute approximate surface area is 79.9 Å². The molecule has 1 aliphatic rings. The first-order valence-electron chi connectivity index (χ1n) is 4.79. The lowest BCUT2D eigenvalue weighted by Crippen LogP contribution is -2.50. The van der Waals surface area contributed by atoms with Gasteiger partial charge in [0, 0.05) is 30.1 Å². The predicted octanol–water partition coefficient (Wildman–Crippen LogP) is 1.16. The molecule has 1 heterocycles. The molecule has 0 saturated carbocycles. The Morgan fingerprint density at radius 1 is 1.67 bits per heavy atom. The molecule has 0 amide bonds. The van der Waals surface area contributed by atoms with Crippen LogP contribution in [-0.2, 0) is 0 Å². The van der Waals surface area contributed by atoms with Crippen LogP contribution in [0.5, 0.6) is 0 Å². The van der Waals surface area contributed by atoms with Crippen LogP contribution < -0.4 is 5.73 Å². The quantitative estimate of drug-likeness (QED) is 0.721. The third-order valence-corrected chi connectivity index (χ3v) is 3.61. The van der Waals surface area contributed by atoms with Crippen molar-refractivity contribution in [2.75, 3.05) is 25.1 Å². The van der Waals surface area contributed by atoms with Gasteiger partial charge in [0.1, 0.15) is 0 Å². The summed E-state index contributed by atoms with van der Waals surface area (Å²) in [4.78, 5) is 2.41. The minimum atomic E-state index is 0.382. The second-order valence-electron chi connectivity index (χ2n) is 3.58. The first-order valence-corrected chi connectivity index (χ1v) is 5.94. The van der Waals surface area contributed by atoms with Gasteiger partial charge in [0.2, 0.25) is 0 Å². The van der Waals surface area contributed by atoms with Crippen LogP contribution in [0.4, 0.5) is 0 Å². The van der Waals surface area contributed by atoms with Crippen LogP contribution in [0.3, 0.4) is 0 Å². The van der Waals surface area contributed by atoms with Crippen molar-refractivity contribution in [2.45, 2.75) is 31.8 Å². The molecular formula is C9H20N2S. The molecule has 0 bridgehead atoms. The summed E-state index contributed by atoms with van der Waals surface area (Å²) < 4.78 is 0. The molecule has 1 fully saturated rings. The highest BCUT2D eigenvalue weighted by Crippen LogP contribution is 2.18. The molecular weight excluding hydrogens is 168 g/mol. The van der Waals surface area contributed by atoms with E-state index in [1.807, 2.05) is 11.8 Å². The Hall–Kier alpha value is 0.270. The molecule has 3 heteroatoms. The molecule has 2 nitrogen and oxygen atoms in total. The lowest BCUT2D eigenvalue weighted by atomic mass is 10.0. The maximum Gasteiger partial charge on any atom is 0.0335 e. The van der Waals surface area contributed by atoms with Crippen molar-refractivity contribution in [1.82, 2.24) is 4.90 Å². The van der Waals surface area contributed by atoms with Crippen LogP contribution in [0, 0.1) is 0 Å². The number of likely N-dealkylation sites (N-methyl/N-ethyl adjacent to an activating group) is 1. The van der Waals surface area contributed by atoms with Crippen LogP contribution in [-0.4, -0.2) is 42.1 Å². The average molecular weight is 188 g/mol. The molecule has 0 aliphatic carbocycles. The molecule has 1 aliphatic heterocycles. The van der Waals surface area contributed by atoms with Crippen LogP contribution >= 0.6 is 11.8 Å². The van der Waals surface area contributed by atoms with Gasteiger partial charge < -0.3 is 10.6 Å². The molecule has 0 aromatic rings. The number of hydrogen-bond acceptors (Lipinski definition) is 3. The molecule has 0 radical (unpaired) electrons. The lowest BCUT2D eigenvalue weighted by molar-refractivity contribution is 0.230. The van der Waals surface area contributed by atoms with Gasteiger partial charge in [-0.1, -0.05) is 13.3 Å². The van der Waals surface area contributed by atoms with E-state index in [2.05, 4.69) is 18.9 Å². The SMILES string of the molecule is CCCC(N)C1CSCCN1C. The van der Waals surface area contributed by atoms with Gasteiger partial charge >= 0.3 is 0 Å². The minimum absolute atomic E-state index is 0.382. The number of nitrogens with zero attached hydrogens (tertiary/aromatic N) is 1. The average Bonchev–Trinajstić information content (AvgIpc) is 2.05. The van der Waals surface area contributed by atoms with E-state index in [1.54, 1.807) is 0 Å². The van der Waals surface area contributed by atoms with Gasteiger partial charge in [0.15, 0.2) is 0 Å². The van der Waals surface area contributed by atoms with Crippen molar-refractivity contribution in [3.8, 4) is 0 Å². The topological polar surface area (TPSA) is 29.3 Å². The van der Waals surface area contributed by atoms with Crippen LogP contribution in [0.1, 0.15) is 19.8 Å². The van der Waals surface area contributed by atoms with E-state index in [0.717, 1.165) is 6.42 Å². The van der Waals surface area contributed by atoms with Crippen molar-refractivity contribution in [2.24, 2.45) is 5.73 Å². The summed E-state index contributed by atoms with van der Waals surface area (Å²) in [6.07, 6.45) is 2.37. The second-order valence-corrected chi connectivity index (χ2v) is 4.73. The third-order valence-electron chi connectivity index (χ3n) is 2.56. The van der Waals surface area contributed by atoms with Crippen molar-refractivity contribution in [3.05, 3.63) is 0 Å². The highest BCUT2D eigenvalue weighted by molar-refractivity contribution is 7.99. The molecule has 1 rings (SSSR count). The molecule has 0 aromatic carbocycles. The fraction of sp³-hybridized carbons (Fsp3) is 1.00. The van der Waals surface area contributed by atoms with E-state index >= 15 is 0 Å². The summed E-state index contributed by atoms with van der Waals surface area (Å²) in [7, 11) is 2.19. The van der Waals surface area contributed by atoms with Gasteiger partial charge in [-0.2, -0.15) is 11.8 Å². The van der Waals surface area contributed by atoms with Crippen LogP contribution in [0.15, 0.2) is 0 Å². The Bertz CT molecular complexity index is 130. The smallest absolute Gasteiger partial charge is 0.0335 e. The lowest BCUT2D eigenvalue weighted by Gasteiger charge is -2.36. The molecule has 12 heavy (non-hydrogen) atoms. The first kappa shape index (κ1) is 10.4. The summed E-state index contributed by atoms with van der Waals surface area (Å²) in [5.41, 5.74) is 6.09. The molecule has 0 aromatic heterocycles. The Morgan fingerprint density at radius 2 is 2.42 bits per heavy atom. The van der Waals surface area contributed by atoms with Gasteiger partial charge in [-0.25, -0.2) is 0 Å². The monoisotopic (exact) mass is 188 g/mol. The highest BCUT2D eigenvalue weighted by Gasteiger charge is 2.24. The summed E-state index contributed by atoms with van der Waals surface area (Å²) in [6, 6.07) is 0.997. The molecule has 72 valence electrons. The number of rotatable bonds is 3. The predicted molar refractivity (Wildman–Crippen MR) is 56.6 cm³/mol. The molecule has 1 saturated heterocycles. The summed E-state index contributed by atoms with van der Waals surface area (Å²) in [5.74, 6) is 2.49. The van der Waals surface area contributed by atoms with E-state index in [4.69, 9.17) is 5.73 Å². The standard InChI is InChI=1S/C9H20N2S/c1-3-4-8(10)9-7-12-6-5-11(9)2/h8-9H,3-7,10H2,1-2H3. The summed E-state index contributed by atoms with van der Waals surface area (Å²) >= 11 is 2.04. The Kier molecular flexibility index (Phi) is 4.40. The minimum Gasteiger partial charge on any atom is -0.326 e. The normalized spacial score (nSPS) is 28.8. The van der Waals surface area contributed by atoms with Gasteiger partial charge in [0.05, 0.1) is 0 Å². The zero-order chi connectivity index (χ0) is 8.97. The summed E-state index contributed by atoms with van der Waals surface area (Å²) in [6.45, 7) is 3.41. The molecule has 2 unspecified atom stereocenters. The van der Waals surface area contributed by atoms with Crippen molar-refractivity contribution in [1.29, 1.82) is 0 Å². The van der Waals surface area contributed by atoms with E-state index < -0.39 is 0 Å². The van der Waals surface area contributed by atoms with E-state index in [0.29, 0.717) is 12.1 Å². The van der Waals surface area contributed by atoms with E-state index in [-0.39, 0.29) is 0 Å².